The van der Waals surface area contributed by atoms with Gasteiger partial charge >= 0.3 is 0 Å². The van der Waals surface area contributed by atoms with Gasteiger partial charge in [-0.25, -0.2) is 0 Å². The van der Waals surface area contributed by atoms with Gasteiger partial charge in [-0.3, -0.25) is 0 Å². The summed E-state index contributed by atoms with van der Waals surface area (Å²) in [5, 5.41) is 2.17. The van der Waals surface area contributed by atoms with E-state index in [0.29, 0.717) is 0 Å². The van der Waals surface area contributed by atoms with Crippen LogP contribution < -0.4 is 4.90 Å². The Bertz CT molecular complexity index is 2590. The number of hydrogen-bond acceptors (Lipinski definition) is 2. The number of fused-ring (bicyclic) bond motifs is 3. The fourth-order valence-corrected chi connectivity index (χ4v) is 7.11. The van der Waals surface area contributed by atoms with Crippen LogP contribution in [-0.2, 0) is 0 Å². The second-order valence-corrected chi connectivity index (χ2v) is 12.5. The van der Waals surface area contributed by atoms with Gasteiger partial charge in [-0.1, -0.05) is 158 Å². The predicted octanol–water partition coefficient (Wildman–Crippen LogP) is 13.7. The smallest absolute Gasteiger partial charge is 0.145 e. The lowest BCUT2D eigenvalue weighted by Gasteiger charge is -2.29. The quantitative estimate of drug-likeness (QED) is 0.173. The minimum Gasteiger partial charge on any atom is -0.455 e. The van der Waals surface area contributed by atoms with Crippen LogP contribution >= 0.6 is 0 Å². The third kappa shape index (κ3) is 5.34. The summed E-state index contributed by atoms with van der Waals surface area (Å²) in [6, 6.07) is 71.0. The van der Waals surface area contributed by atoms with Crippen molar-refractivity contribution < 1.29 is 4.42 Å². The number of benzene rings is 8. The minimum absolute atomic E-state index is 0.869. The van der Waals surface area contributed by atoms with Gasteiger partial charge in [0.25, 0.3) is 0 Å². The summed E-state index contributed by atoms with van der Waals surface area (Å²) < 4.78 is 6.75. The maximum Gasteiger partial charge on any atom is 0.145 e. The molecule has 0 atom stereocenters. The van der Waals surface area contributed by atoms with E-state index in [9.17, 15) is 0 Å². The Balaban J connectivity index is 1.32. The van der Waals surface area contributed by atoms with Crippen LogP contribution in [0.5, 0.6) is 0 Å². The number of anilines is 3. The summed E-state index contributed by atoms with van der Waals surface area (Å²) in [4.78, 5) is 2.41. The van der Waals surface area contributed by atoms with Gasteiger partial charge in [0.1, 0.15) is 11.2 Å². The maximum absolute atomic E-state index is 6.75. The standard InChI is InChI=1S/C48H33NO/c1-4-16-34(17-5-1)37-22-14-24-39(32-37)41-26-10-12-28-44(41)49(40-25-15-23-38(33-40)35-18-6-2-7-19-35)45-31-30-42(36-20-8-3-9-21-36)48-47(45)43-27-11-13-29-46(43)50-48/h1-33H. The topological polar surface area (TPSA) is 16.4 Å². The van der Waals surface area contributed by atoms with Gasteiger partial charge < -0.3 is 9.32 Å². The first-order valence-electron chi connectivity index (χ1n) is 17.0. The van der Waals surface area contributed by atoms with Crippen LogP contribution in [0.3, 0.4) is 0 Å². The van der Waals surface area contributed by atoms with Gasteiger partial charge in [0.15, 0.2) is 0 Å². The molecule has 50 heavy (non-hydrogen) atoms. The van der Waals surface area contributed by atoms with Gasteiger partial charge in [-0.05, 0) is 75.8 Å². The zero-order valence-corrected chi connectivity index (χ0v) is 27.4. The van der Waals surface area contributed by atoms with E-state index in [1.807, 2.05) is 6.07 Å². The molecule has 0 aliphatic carbocycles. The van der Waals surface area contributed by atoms with Gasteiger partial charge in [0.2, 0.25) is 0 Å². The molecule has 1 heterocycles. The van der Waals surface area contributed by atoms with Crippen molar-refractivity contribution in [1.29, 1.82) is 0 Å². The molecule has 0 saturated heterocycles. The highest BCUT2D eigenvalue weighted by atomic mass is 16.3. The highest BCUT2D eigenvalue weighted by molar-refractivity contribution is 6.17. The Hall–Kier alpha value is -6.64. The minimum atomic E-state index is 0.869. The van der Waals surface area contributed by atoms with E-state index < -0.39 is 0 Å². The van der Waals surface area contributed by atoms with E-state index >= 15 is 0 Å². The molecular formula is C48H33NO. The number of hydrogen-bond donors (Lipinski definition) is 0. The first-order valence-corrected chi connectivity index (χ1v) is 17.0. The third-order valence-electron chi connectivity index (χ3n) is 9.47. The molecule has 2 nitrogen and oxygen atoms in total. The van der Waals surface area contributed by atoms with Crippen LogP contribution in [0.25, 0.3) is 66.4 Å². The summed E-state index contributed by atoms with van der Waals surface area (Å²) in [6.07, 6.45) is 0. The Kier molecular flexibility index (Phi) is 7.53. The first kappa shape index (κ1) is 29.5. The SMILES string of the molecule is c1ccc(-c2cccc(-c3ccccc3N(c3cccc(-c4ccccc4)c3)c3ccc(-c4ccccc4)c4oc5ccccc5c34)c2)cc1. The summed E-state index contributed by atoms with van der Waals surface area (Å²) in [5.41, 5.74) is 14.2. The van der Waals surface area contributed by atoms with Crippen LogP contribution in [0.1, 0.15) is 0 Å². The van der Waals surface area contributed by atoms with E-state index in [2.05, 4.69) is 199 Å². The molecule has 0 radical (unpaired) electrons. The highest BCUT2D eigenvalue weighted by Crippen LogP contribution is 2.48. The number of para-hydroxylation sites is 2. The third-order valence-corrected chi connectivity index (χ3v) is 9.47. The normalized spacial score (nSPS) is 11.2. The molecule has 0 bridgehead atoms. The Morgan fingerprint density at radius 3 is 1.64 bits per heavy atom. The largest absolute Gasteiger partial charge is 0.455 e. The average molecular weight is 640 g/mol. The Labute approximate surface area is 292 Å². The lowest BCUT2D eigenvalue weighted by Crippen LogP contribution is -2.12. The summed E-state index contributed by atoms with van der Waals surface area (Å²) in [6.45, 7) is 0. The number of nitrogens with zero attached hydrogens (tertiary/aromatic N) is 1. The average Bonchev–Trinajstić information content (AvgIpc) is 3.60. The van der Waals surface area contributed by atoms with Gasteiger partial charge in [0.05, 0.1) is 16.8 Å². The monoisotopic (exact) mass is 639 g/mol. The van der Waals surface area contributed by atoms with Crippen LogP contribution in [0.4, 0.5) is 17.1 Å². The molecule has 0 spiro atoms. The molecule has 0 aliphatic heterocycles. The lowest BCUT2D eigenvalue weighted by atomic mass is 9.96. The summed E-state index contributed by atoms with van der Waals surface area (Å²) >= 11 is 0. The molecule has 236 valence electrons. The molecule has 0 fully saturated rings. The van der Waals surface area contributed by atoms with Crippen molar-refractivity contribution in [2.75, 3.05) is 4.90 Å². The van der Waals surface area contributed by atoms with E-state index in [4.69, 9.17) is 4.42 Å². The van der Waals surface area contributed by atoms with Crippen molar-refractivity contribution in [1.82, 2.24) is 0 Å². The summed E-state index contributed by atoms with van der Waals surface area (Å²) in [5.74, 6) is 0. The van der Waals surface area contributed by atoms with E-state index in [1.54, 1.807) is 0 Å². The second kappa shape index (κ2) is 12.8. The Morgan fingerprint density at radius 1 is 0.340 bits per heavy atom. The van der Waals surface area contributed by atoms with Crippen molar-refractivity contribution in [3.63, 3.8) is 0 Å². The zero-order chi connectivity index (χ0) is 33.3. The molecule has 0 saturated carbocycles. The van der Waals surface area contributed by atoms with Crippen molar-refractivity contribution in [2.24, 2.45) is 0 Å². The molecular weight excluding hydrogens is 607 g/mol. The fraction of sp³-hybridized carbons (Fsp3) is 0. The lowest BCUT2D eigenvalue weighted by molar-refractivity contribution is 0.670. The van der Waals surface area contributed by atoms with Gasteiger partial charge in [0, 0.05) is 22.2 Å². The number of rotatable bonds is 7. The van der Waals surface area contributed by atoms with Crippen molar-refractivity contribution >= 4 is 39.0 Å². The molecule has 2 heteroatoms. The molecule has 0 aliphatic rings. The van der Waals surface area contributed by atoms with E-state index in [1.165, 1.54) is 16.7 Å². The molecule has 8 aromatic carbocycles. The van der Waals surface area contributed by atoms with Crippen LogP contribution in [0, 0.1) is 0 Å². The number of furan rings is 1. The molecule has 9 aromatic rings. The first-order chi connectivity index (χ1) is 24.8. The maximum atomic E-state index is 6.75. The Morgan fingerprint density at radius 2 is 0.900 bits per heavy atom. The van der Waals surface area contributed by atoms with Gasteiger partial charge in [-0.2, -0.15) is 0 Å². The summed E-state index contributed by atoms with van der Waals surface area (Å²) in [7, 11) is 0. The molecule has 9 rings (SSSR count). The molecule has 0 N–H and O–H groups in total. The molecule has 0 unspecified atom stereocenters. The van der Waals surface area contributed by atoms with Crippen molar-refractivity contribution in [2.45, 2.75) is 0 Å². The van der Waals surface area contributed by atoms with Crippen LogP contribution in [-0.4, -0.2) is 0 Å². The fourth-order valence-electron chi connectivity index (χ4n) is 7.11. The van der Waals surface area contributed by atoms with E-state index in [-0.39, 0.29) is 0 Å². The van der Waals surface area contributed by atoms with Crippen LogP contribution in [0.2, 0.25) is 0 Å². The molecule has 0 amide bonds. The van der Waals surface area contributed by atoms with Crippen molar-refractivity contribution in [3.8, 4) is 44.5 Å². The second-order valence-electron chi connectivity index (χ2n) is 12.5. The van der Waals surface area contributed by atoms with E-state index in [0.717, 1.165) is 66.8 Å². The van der Waals surface area contributed by atoms with Crippen LogP contribution in [0.15, 0.2) is 205 Å². The highest BCUT2D eigenvalue weighted by Gasteiger charge is 2.24. The predicted molar refractivity (Wildman–Crippen MR) is 210 cm³/mol. The zero-order valence-electron chi connectivity index (χ0n) is 27.4. The molecule has 1 aromatic heterocycles. The van der Waals surface area contributed by atoms with Crippen molar-refractivity contribution in [3.05, 3.63) is 200 Å². The van der Waals surface area contributed by atoms with Gasteiger partial charge in [-0.15, -0.1) is 0 Å².